The third-order valence-electron chi connectivity index (χ3n) is 2.95. The number of anilines is 1. The van der Waals surface area contributed by atoms with Gasteiger partial charge < -0.3 is 5.32 Å². The van der Waals surface area contributed by atoms with Crippen LogP contribution in [0.1, 0.15) is 24.6 Å². The van der Waals surface area contributed by atoms with Crippen LogP contribution in [0, 0.1) is 5.92 Å². The first-order valence-corrected chi connectivity index (χ1v) is 8.57. The van der Waals surface area contributed by atoms with Crippen molar-refractivity contribution in [3.05, 3.63) is 11.1 Å². The number of carbonyl (C=O) groups excluding carboxylic acids is 1. The number of thiazole rings is 1. The molecule has 1 aromatic heterocycles. The maximum Gasteiger partial charge on any atom is 0.226 e. The van der Waals surface area contributed by atoms with Gasteiger partial charge >= 0.3 is 0 Å². The summed E-state index contributed by atoms with van der Waals surface area (Å²) in [4.78, 5) is 17.0. The van der Waals surface area contributed by atoms with E-state index in [1.54, 1.807) is 6.20 Å². The van der Waals surface area contributed by atoms with Crippen molar-refractivity contribution in [2.24, 2.45) is 5.92 Å². The van der Waals surface area contributed by atoms with Crippen LogP contribution in [0.2, 0.25) is 0 Å². The zero-order valence-electron chi connectivity index (χ0n) is 10.2. The Bertz CT molecular complexity index is 536. The van der Waals surface area contributed by atoms with E-state index < -0.39 is 9.84 Å². The lowest BCUT2D eigenvalue weighted by Crippen LogP contribution is -2.17. The number of aromatic nitrogens is 1. The third-order valence-corrected chi connectivity index (χ3v) is 5.84. The van der Waals surface area contributed by atoms with E-state index in [2.05, 4.69) is 10.3 Å². The molecule has 1 aliphatic heterocycles. The van der Waals surface area contributed by atoms with Crippen LogP contribution in [0.15, 0.2) is 6.20 Å². The molecule has 0 saturated carbocycles. The summed E-state index contributed by atoms with van der Waals surface area (Å²) in [5.74, 6) is 0.162. The van der Waals surface area contributed by atoms with Gasteiger partial charge in [-0.3, -0.25) is 4.79 Å². The highest BCUT2D eigenvalue weighted by molar-refractivity contribution is 7.91. The van der Waals surface area contributed by atoms with Gasteiger partial charge in [0, 0.05) is 17.5 Å². The van der Waals surface area contributed by atoms with Gasteiger partial charge in [-0.1, -0.05) is 6.92 Å². The molecule has 1 fully saturated rings. The fraction of sp³-hybridized carbons (Fsp3) is 0.636. The molecule has 0 unspecified atom stereocenters. The summed E-state index contributed by atoms with van der Waals surface area (Å²) >= 11 is 1.46. The molecule has 0 spiro atoms. The van der Waals surface area contributed by atoms with E-state index in [1.165, 1.54) is 11.3 Å². The number of nitrogens with one attached hydrogen (secondary N) is 1. The number of amides is 1. The Kier molecular flexibility index (Phi) is 4.01. The van der Waals surface area contributed by atoms with Crippen molar-refractivity contribution in [2.75, 3.05) is 16.8 Å². The Hall–Kier alpha value is -0.950. The molecular weight excluding hydrogens is 272 g/mol. The molecule has 0 bridgehead atoms. The normalized spacial score (nSPS) is 21.9. The minimum Gasteiger partial charge on any atom is -0.302 e. The fourth-order valence-corrected chi connectivity index (χ4v) is 4.62. The topological polar surface area (TPSA) is 76.1 Å². The predicted octanol–water partition coefficient (Wildman–Crippen LogP) is 1.47. The highest BCUT2D eigenvalue weighted by Gasteiger charge is 2.29. The summed E-state index contributed by atoms with van der Waals surface area (Å²) < 4.78 is 22.6. The number of nitrogens with zero attached hydrogens (tertiary/aromatic N) is 1. The van der Waals surface area contributed by atoms with E-state index >= 15 is 0 Å². The van der Waals surface area contributed by atoms with E-state index in [-0.39, 0.29) is 29.8 Å². The molecule has 18 heavy (non-hydrogen) atoms. The highest BCUT2D eigenvalue weighted by Crippen LogP contribution is 2.23. The van der Waals surface area contributed by atoms with Crippen LogP contribution in [-0.2, 0) is 21.1 Å². The minimum atomic E-state index is -2.91. The minimum absolute atomic E-state index is 0.0411. The molecule has 5 nitrogen and oxygen atoms in total. The Morgan fingerprint density at radius 2 is 2.39 bits per heavy atom. The van der Waals surface area contributed by atoms with Gasteiger partial charge in [-0.15, -0.1) is 11.3 Å². The van der Waals surface area contributed by atoms with E-state index in [0.29, 0.717) is 11.6 Å². The second-order valence-corrected chi connectivity index (χ2v) is 7.85. The fourth-order valence-electron chi connectivity index (χ4n) is 1.99. The lowest BCUT2D eigenvalue weighted by Gasteiger charge is -2.06. The third kappa shape index (κ3) is 3.52. The van der Waals surface area contributed by atoms with Crippen molar-refractivity contribution >= 4 is 32.2 Å². The second kappa shape index (κ2) is 5.36. The van der Waals surface area contributed by atoms with Gasteiger partial charge in [0.25, 0.3) is 0 Å². The monoisotopic (exact) mass is 288 g/mol. The van der Waals surface area contributed by atoms with Gasteiger partial charge in [0.1, 0.15) is 0 Å². The number of carbonyl (C=O) groups is 1. The maximum atomic E-state index is 11.7. The molecule has 1 N–H and O–H groups in total. The van der Waals surface area contributed by atoms with E-state index in [9.17, 15) is 13.2 Å². The molecule has 1 saturated heterocycles. The molecule has 2 rings (SSSR count). The zero-order valence-corrected chi connectivity index (χ0v) is 11.8. The van der Waals surface area contributed by atoms with Crippen molar-refractivity contribution in [3.63, 3.8) is 0 Å². The van der Waals surface area contributed by atoms with Crippen LogP contribution in [0.3, 0.4) is 0 Å². The lowest BCUT2D eigenvalue weighted by molar-refractivity contribution is -0.116. The SMILES string of the molecule is CCc1cnc(NC(=O)C[C@@H]2CCS(=O)(=O)C2)s1. The molecule has 0 radical (unpaired) electrons. The molecular formula is C11H16N2O3S2. The Labute approximate surface area is 111 Å². The van der Waals surface area contributed by atoms with Crippen LogP contribution in [0.4, 0.5) is 5.13 Å². The van der Waals surface area contributed by atoms with Crippen molar-refractivity contribution in [2.45, 2.75) is 26.2 Å². The molecule has 100 valence electrons. The molecule has 1 atom stereocenters. The summed E-state index contributed by atoms with van der Waals surface area (Å²) in [6.07, 6.45) is 3.50. The molecule has 1 aromatic rings. The van der Waals surface area contributed by atoms with Gasteiger partial charge in [0.2, 0.25) is 5.91 Å². The summed E-state index contributed by atoms with van der Waals surface area (Å²) in [6, 6.07) is 0. The predicted molar refractivity (Wildman–Crippen MR) is 71.5 cm³/mol. The van der Waals surface area contributed by atoms with Gasteiger partial charge in [0.05, 0.1) is 11.5 Å². The largest absolute Gasteiger partial charge is 0.302 e. The smallest absolute Gasteiger partial charge is 0.226 e. The Morgan fingerprint density at radius 1 is 1.61 bits per heavy atom. The van der Waals surface area contributed by atoms with Crippen LogP contribution in [0.25, 0.3) is 0 Å². The van der Waals surface area contributed by atoms with Crippen molar-refractivity contribution in [1.29, 1.82) is 0 Å². The van der Waals surface area contributed by atoms with Crippen molar-refractivity contribution in [1.82, 2.24) is 4.98 Å². The molecule has 7 heteroatoms. The number of sulfone groups is 1. The highest BCUT2D eigenvalue weighted by atomic mass is 32.2. The molecule has 1 aliphatic rings. The second-order valence-electron chi connectivity index (χ2n) is 4.51. The summed E-state index contributed by atoms with van der Waals surface area (Å²) in [7, 11) is -2.91. The summed E-state index contributed by atoms with van der Waals surface area (Å²) in [5.41, 5.74) is 0. The lowest BCUT2D eigenvalue weighted by atomic mass is 10.1. The quantitative estimate of drug-likeness (QED) is 0.910. The standard InChI is InChI=1S/C11H16N2O3S2/c1-2-9-6-12-11(17-9)13-10(14)5-8-3-4-18(15,16)7-8/h6,8H,2-5,7H2,1H3,(H,12,13,14)/t8-/m0/s1. The molecule has 2 heterocycles. The zero-order chi connectivity index (χ0) is 13.2. The maximum absolute atomic E-state index is 11.7. The van der Waals surface area contributed by atoms with Crippen LogP contribution < -0.4 is 5.32 Å². The first-order valence-electron chi connectivity index (χ1n) is 5.93. The van der Waals surface area contributed by atoms with Gasteiger partial charge in [-0.25, -0.2) is 13.4 Å². The van der Waals surface area contributed by atoms with E-state index in [4.69, 9.17) is 0 Å². The van der Waals surface area contributed by atoms with Gasteiger partial charge in [-0.05, 0) is 18.8 Å². The Morgan fingerprint density at radius 3 is 2.94 bits per heavy atom. The number of rotatable bonds is 4. The first kappa shape index (κ1) is 13.5. The molecule has 0 aliphatic carbocycles. The Balaban J connectivity index is 1.86. The summed E-state index contributed by atoms with van der Waals surface area (Å²) in [6.45, 7) is 2.03. The summed E-state index contributed by atoms with van der Waals surface area (Å²) in [5, 5.41) is 3.32. The van der Waals surface area contributed by atoms with Crippen molar-refractivity contribution in [3.8, 4) is 0 Å². The number of aryl methyl sites for hydroxylation is 1. The average molecular weight is 288 g/mol. The first-order chi connectivity index (χ1) is 8.48. The van der Waals surface area contributed by atoms with E-state index in [1.807, 2.05) is 6.92 Å². The van der Waals surface area contributed by atoms with Gasteiger partial charge in [0.15, 0.2) is 15.0 Å². The molecule has 0 aromatic carbocycles. The van der Waals surface area contributed by atoms with Crippen LogP contribution in [-0.4, -0.2) is 30.8 Å². The van der Waals surface area contributed by atoms with Crippen LogP contribution >= 0.6 is 11.3 Å². The number of hydrogen-bond donors (Lipinski definition) is 1. The average Bonchev–Trinajstić information content (AvgIpc) is 2.85. The molecule has 1 amide bonds. The van der Waals surface area contributed by atoms with E-state index in [0.717, 1.165) is 11.3 Å². The van der Waals surface area contributed by atoms with Crippen molar-refractivity contribution < 1.29 is 13.2 Å². The number of hydrogen-bond acceptors (Lipinski definition) is 5. The van der Waals surface area contributed by atoms with Gasteiger partial charge in [-0.2, -0.15) is 0 Å². The van der Waals surface area contributed by atoms with Crippen LogP contribution in [0.5, 0.6) is 0 Å².